The zero-order chi connectivity index (χ0) is 10.4. The number of nitrogen functional groups attached to an aromatic ring is 3. The summed E-state index contributed by atoms with van der Waals surface area (Å²) >= 11 is -3.40. The Morgan fingerprint density at radius 3 is 1.23 bits per heavy atom. The molecule has 0 aliphatic rings. The molecular formula is C3H7BrN6O3. The second-order valence-corrected chi connectivity index (χ2v) is 2.45. The molecule has 0 atom stereocenters. The van der Waals surface area contributed by atoms with Crippen molar-refractivity contribution in [2.24, 2.45) is 0 Å². The molecule has 0 saturated heterocycles. The lowest BCUT2D eigenvalue weighted by atomic mass is 10.9. The standard InChI is InChI=1S/C3H6N6.BrHO3/c4-1-7-2(5)9-3(6)8-1;2-1(3)4/h(H6,4,5,6,7,8,9);2H. The molecule has 0 spiro atoms. The molecule has 0 amide bonds. The highest BCUT2D eigenvalue weighted by Gasteiger charge is 1.93. The van der Waals surface area contributed by atoms with Crippen molar-refractivity contribution in [1.82, 2.24) is 15.0 Å². The molecule has 0 bridgehead atoms. The molecule has 0 saturated carbocycles. The first-order valence-corrected chi connectivity index (χ1v) is 4.69. The Labute approximate surface area is 78.1 Å². The van der Waals surface area contributed by atoms with Crippen LogP contribution in [0.5, 0.6) is 0 Å². The van der Waals surface area contributed by atoms with Crippen molar-refractivity contribution in [3.05, 3.63) is 0 Å². The molecule has 9 nitrogen and oxygen atoms in total. The van der Waals surface area contributed by atoms with Crippen molar-refractivity contribution >= 4 is 17.8 Å². The predicted molar refractivity (Wildman–Crippen MR) is 35.3 cm³/mol. The molecule has 7 N–H and O–H groups in total. The maximum Gasteiger partial charge on any atom is 0.433 e. The van der Waals surface area contributed by atoms with E-state index in [9.17, 15) is 0 Å². The molecule has 74 valence electrons. The molecule has 1 heterocycles. The van der Waals surface area contributed by atoms with Gasteiger partial charge in [0.05, 0.1) is 0 Å². The summed E-state index contributed by atoms with van der Waals surface area (Å²) in [4.78, 5) is 10.5. The second-order valence-electron chi connectivity index (χ2n) is 1.61. The third kappa shape index (κ3) is 7.14. The summed E-state index contributed by atoms with van der Waals surface area (Å²) in [5.41, 5.74) is 15.4. The van der Waals surface area contributed by atoms with E-state index in [1.54, 1.807) is 0 Å². The summed E-state index contributed by atoms with van der Waals surface area (Å²) in [6.07, 6.45) is 0. The summed E-state index contributed by atoms with van der Waals surface area (Å²) in [5, 5.41) is 0. The van der Waals surface area contributed by atoms with E-state index in [4.69, 9.17) is 29.8 Å². The SMILES string of the molecule is Nc1nc(N)nc(N)n1.[O-][Br+2]([O-])O. The Bertz CT molecular complexity index is 216. The minimum atomic E-state index is -3.40. The van der Waals surface area contributed by atoms with Gasteiger partial charge in [-0.2, -0.15) is 15.0 Å². The zero-order valence-electron chi connectivity index (χ0n) is 6.22. The number of hydrogen-bond acceptors (Lipinski definition) is 9. The molecule has 0 aliphatic heterocycles. The Balaban J connectivity index is 0.000000310. The van der Waals surface area contributed by atoms with Crippen molar-refractivity contribution in [3.8, 4) is 0 Å². The van der Waals surface area contributed by atoms with Gasteiger partial charge in [0.1, 0.15) is 0 Å². The number of anilines is 3. The average molecular weight is 255 g/mol. The lowest BCUT2D eigenvalue weighted by molar-refractivity contribution is -1.63. The van der Waals surface area contributed by atoms with E-state index < -0.39 is 14.8 Å². The van der Waals surface area contributed by atoms with E-state index in [0.717, 1.165) is 0 Å². The van der Waals surface area contributed by atoms with E-state index in [1.807, 2.05) is 0 Å². The van der Waals surface area contributed by atoms with Crippen molar-refractivity contribution in [2.75, 3.05) is 17.2 Å². The molecule has 0 radical (unpaired) electrons. The van der Waals surface area contributed by atoms with Gasteiger partial charge in [0, 0.05) is 0 Å². The van der Waals surface area contributed by atoms with Crippen molar-refractivity contribution < 1.29 is 27.4 Å². The molecule has 0 fully saturated rings. The molecule has 1 rings (SSSR count). The monoisotopic (exact) mass is 254 g/mol. The molecular weight excluding hydrogens is 248 g/mol. The number of rotatable bonds is 0. The minimum Gasteiger partial charge on any atom is -0.372 e. The van der Waals surface area contributed by atoms with E-state index in [-0.39, 0.29) is 17.8 Å². The minimum absolute atomic E-state index is 0.0417. The molecule has 0 aromatic carbocycles. The number of nitrogens with zero attached hydrogens (tertiary/aromatic N) is 3. The van der Waals surface area contributed by atoms with Gasteiger partial charge >= 0.3 is 14.8 Å². The smallest absolute Gasteiger partial charge is 0.372 e. The Morgan fingerprint density at radius 2 is 1.08 bits per heavy atom. The maximum absolute atomic E-state index is 8.63. The molecule has 1 aromatic rings. The highest BCUT2D eigenvalue weighted by Crippen LogP contribution is 1.97. The molecule has 0 unspecified atom stereocenters. The van der Waals surface area contributed by atoms with Crippen LogP contribution in [-0.2, 0) is 0 Å². The highest BCUT2D eigenvalue weighted by atomic mass is 80.0. The number of aromatic nitrogens is 3. The van der Waals surface area contributed by atoms with Crippen LogP contribution in [0.1, 0.15) is 0 Å². The van der Waals surface area contributed by atoms with Gasteiger partial charge in [-0.1, -0.05) is 0 Å². The normalized spacial score (nSPS) is 9.23. The third-order valence-corrected chi connectivity index (χ3v) is 0.687. The Morgan fingerprint density at radius 1 is 0.923 bits per heavy atom. The van der Waals surface area contributed by atoms with Gasteiger partial charge in [0.2, 0.25) is 17.8 Å². The van der Waals surface area contributed by atoms with Crippen LogP contribution in [0.15, 0.2) is 0 Å². The molecule has 1 aromatic heterocycles. The lowest BCUT2D eigenvalue weighted by Gasteiger charge is -1.93. The predicted octanol–water partition coefficient (Wildman–Crippen LogP) is -4.32. The van der Waals surface area contributed by atoms with E-state index in [0.29, 0.717) is 0 Å². The summed E-state index contributed by atoms with van der Waals surface area (Å²) in [6, 6.07) is 0. The first kappa shape index (κ1) is 11.8. The van der Waals surface area contributed by atoms with E-state index >= 15 is 0 Å². The second kappa shape index (κ2) is 5.42. The topological polar surface area (TPSA) is 183 Å². The summed E-state index contributed by atoms with van der Waals surface area (Å²) in [7, 11) is 0. The summed E-state index contributed by atoms with van der Waals surface area (Å²) in [6.45, 7) is 0. The van der Waals surface area contributed by atoms with Gasteiger partial charge in [-0.15, -0.1) is 0 Å². The summed E-state index contributed by atoms with van der Waals surface area (Å²) < 4.78 is 24.3. The van der Waals surface area contributed by atoms with Crippen LogP contribution in [0.2, 0.25) is 0 Å². The van der Waals surface area contributed by atoms with E-state index in [1.165, 1.54) is 0 Å². The Hall–Kier alpha value is -1.23. The van der Waals surface area contributed by atoms with Crippen LogP contribution in [0, 0.1) is 14.8 Å². The first-order valence-electron chi connectivity index (χ1n) is 2.69. The van der Waals surface area contributed by atoms with Gasteiger partial charge in [-0.05, 0) is 4.20 Å². The maximum atomic E-state index is 8.63. The van der Waals surface area contributed by atoms with E-state index in [2.05, 4.69) is 15.0 Å². The number of hydrogen-bond donors (Lipinski definition) is 4. The highest BCUT2D eigenvalue weighted by molar-refractivity contribution is 5.33. The van der Waals surface area contributed by atoms with Gasteiger partial charge < -0.3 is 25.6 Å². The largest absolute Gasteiger partial charge is 0.433 e. The third-order valence-electron chi connectivity index (χ3n) is 0.687. The molecule has 10 heteroatoms. The van der Waals surface area contributed by atoms with Crippen LogP contribution in [-0.4, -0.2) is 19.1 Å². The fraction of sp³-hybridized carbons (Fsp3) is 0. The van der Waals surface area contributed by atoms with Gasteiger partial charge in [-0.3, -0.25) is 0 Å². The lowest BCUT2D eigenvalue weighted by Crippen LogP contribution is -2.30. The van der Waals surface area contributed by atoms with Crippen molar-refractivity contribution in [1.29, 1.82) is 0 Å². The Kier molecular flexibility index (Phi) is 4.91. The number of nitrogens with two attached hydrogens (primary N) is 3. The van der Waals surface area contributed by atoms with Gasteiger partial charge in [-0.25, -0.2) is 0 Å². The van der Waals surface area contributed by atoms with Crippen LogP contribution in [0.4, 0.5) is 17.8 Å². The number of halogens is 1. The van der Waals surface area contributed by atoms with Crippen LogP contribution in [0.25, 0.3) is 0 Å². The average Bonchev–Trinajstić information content (AvgIpc) is 1.80. The van der Waals surface area contributed by atoms with Crippen molar-refractivity contribution in [2.45, 2.75) is 0 Å². The van der Waals surface area contributed by atoms with Crippen molar-refractivity contribution in [3.63, 3.8) is 0 Å². The molecule has 13 heavy (non-hydrogen) atoms. The van der Waals surface area contributed by atoms with Crippen LogP contribution >= 0.6 is 0 Å². The zero-order valence-corrected chi connectivity index (χ0v) is 7.80. The van der Waals surface area contributed by atoms with Crippen LogP contribution in [0.3, 0.4) is 0 Å². The fourth-order valence-corrected chi connectivity index (χ4v) is 0.427. The van der Waals surface area contributed by atoms with Crippen LogP contribution < -0.4 is 25.6 Å². The molecule has 0 aliphatic carbocycles. The van der Waals surface area contributed by atoms with Gasteiger partial charge in [0.15, 0.2) is 0 Å². The fourth-order valence-electron chi connectivity index (χ4n) is 0.427. The quantitative estimate of drug-likeness (QED) is 0.356. The summed E-state index contributed by atoms with van der Waals surface area (Å²) in [5.74, 6) is 0.125. The van der Waals surface area contributed by atoms with Gasteiger partial charge in [0.25, 0.3) is 0 Å². The first-order chi connectivity index (χ1) is 5.91.